The van der Waals surface area contributed by atoms with E-state index in [1.54, 1.807) is 0 Å². The van der Waals surface area contributed by atoms with Crippen LogP contribution in [0.1, 0.15) is 0 Å². The Morgan fingerprint density at radius 1 is 0.636 bits per heavy atom. The number of nitrogens with zero attached hydrogens (tertiary/aromatic N) is 2. The molecule has 0 fully saturated rings. The number of hydrogen-bond donors (Lipinski definition) is 0. The molecule has 0 atom stereocenters. The lowest BCUT2D eigenvalue weighted by Gasteiger charge is -2.07. The van der Waals surface area contributed by atoms with Gasteiger partial charge in [-0.25, -0.2) is 0 Å². The smallest absolute Gasteiger partial charge is 0.307 e. The summed E-state index contributed by atoms with van der Waals surface area (Å²) in [5, 5.41) is 7.60. The Morgan fingerprint density at radius 3 is 2.21 bits per heavy atom. The molecule has 8 aromatic rings. The molecule has 3 nitrogen and oxygen atoms in total. The average molecular weight is 441 g/mol. The Labute approximate surface area is 192 Å². The number of para-hydroxylation sites is 3. The second-order valence-electron chi connectivity index (χ2n) is 8.39. The molecule has 0 radical (unpaired) electrons. The van der Waals surface area contributed by atoms with Crippen molar-refractivity contribution in [1.29, 1.82) is 0 Å². The molecule has 3 heterocycles. The minimum Gasteiger partial charge on any atom is -0.423 e. The Balaban J connectivity index is 1.70. The van der Waals surface area contributed by atoms with Crippen LogP contribution >= 0.6 is 11.3 Å². The lowest BCUT2D eigenvalue weighted by Crippen LogP contribution is -1.94. The number of fused-ring (bicyclic) bond motifs is 11. The van der Waals surface area contributed by atoms with Crippen molar-refractivity contribution < 1.29 is 4.42 Å². The van der Waals surface area contributed by atoms with E-state index < -0.39 is 0 Å². The van der Waals surface area contributed by atoms with Crippen molar-refractivity contribution in [2.24, 2.45) is 0 Å². The Morgan fingerprint density at radius 2 is 1.33 bits per heavy atom. The van der Waals surface area contributed by atoms with Crippen LogP contribution in [-0.2, 0) is 0 Å². The largest absolute Gasteiger partial charge is 0.423 e. The fourth-order valence-electron chi connectivity index (χ4n) is 5.28. The predicted octanol–water partition coefficient (Wildman–Crippen LogP) is 8.45. The van der Waals surface area contributed by atoms with Gasteiger partial charge in [-0.3, -0.25) is 4.57 Å². The number of hydrogen-bond acceptors (Lipinski definition) is 3. The maximum absolute atomic E-state index is 6.30. The van der Waals surface area contributed by atoms with E-state index in [-0.39, 0.29) is 0 Å². The second kappa shape index (κ2) is 6.21. The van der Waals surface area contributed by atoms with Gasteiger partial charge < -0.3 is 4.42 Å². The molecular weight excluding hydrogens is 424 g/mol. The van der Waals surface area contributed by atoms with E-state index in [1.807, 2.05) is 35.6 Å². The first-order chi connectivity index (χ1) is 16.4. The molecule has 5 aromatic carbocycles. The van der Waals surface area contributed by atoms with E-state index in [1.165, 1.54) is 41.7 Å². The molecule has 4 heteroatoms. The highest BCUT2D eigenvalue weighted by Gasteiger charge is 2.23. The number of oxazole rings is 1. The van der Waals surface area contributed by atoms with Gasteiger partial charge in [0.15, 0.2) is 5.58 Å². The summed E-state index contributed by atoms with van der Waals surface area (Å²) in [7, 11) is 0. The summed E-state index contributed by atoms with van der Waals surface area (Å²) >= 11 is 1.87. The number of rotatable bonds is 1. The zero-order valence-corrected chi connectivity index (χ0v) is 18.3. The normalized spacial score (nSPS) is 12.2. The van der Waals surface area contributed by atoms with Crippen molar-refractivity contribution >= 4 is 75.2 Å². The van der Waals surface area contributed by atoms with Gasteiger partial charge in [0.05, 0.1) is 11.0 Å². The number of benzene rings is 5. The van der Waals surface area contributed by atoms with Crippen LogP contribution in [0.15, 0.2) is 101 Å². The van der Waals surface area contributed by atoms with E-state index in [4.69, 9.17) is 9.40 Å². The summed E-state index contributed by atoms with van der Waals surface area (Å²) in [5.41, 5.74) is 3.92. The lowest BCUT2D eigenvalue weighted by molar-refractivity contribution is 0.574. The number of aromatic nitrogens is 2. The van der Waals surface area contributed by atoms with Crippen LogP contribution in [0, 0.1) is 0 Å². The van der Waals surface area contributed by atoms with Crippen molar-refractivity contribution in [3.8, 4) is 6.01 Å². The predicted molar refractivity (Wildman–Crippen MR) is 139 cm³/mol. The molecule has 0 spiro atoms. The quantitative estimate of drug-likeness (QED) is 0.256. The summed E-state index contributed by atoms with van der Waals surface area (Å²) in [5.74, 6) is 0. The molecule has 0 aliphatic rings. The second-order valence-corrected chi connectivity index (χ2v) is 9.44. The minimum atomic E-state index is 0.605. The van der Waals surface area contributed by atoms with Crippen molar-refractivity contribution in [3.05, 3.63) is 97.1 Å². The van der Waals surface area contributed by atoms with Gasteiger partial charge in [-0.05, 0) is 29.7 Å². The van der Waals surface area contributed by atoms with E-state index in [0.29, 0.717) is 6.01 Å². The molecule has 154 valence electrons. The summed E-state index contributed by atoms with van der Waals surface area (Å²) in [6.45, 7) is 0. The first-order valence-electron chi connectivity index (χ1n) is 11.0. The van der Waals surface area contributed by atoms with Crippen LogP contribution in [0.5, 0.6) is 0 Å². The van der Waals surface area contributed by atoms with Gasteiger partial charge in [0.25, 0.3) is 0 Å². The Bertz CT molecular complexity index is 2010. The zero-order chi connectivity index (χ0) is 21.5. The fraction of sp³-hybridized carbons (Fsp3) is 0. The zero-order valence-electron chi connectivity index (χ0n) is 17.4. The molecule has 0 bridgehead atoms. The molecule has 0 aliphatic carbocycles. The molecule has 0 saturated heterocycles. The van der Waals surface area contributed by atoms with Crippen molar-refractivity contribution in [3.63, 3.8) is 0 Å². The van der Waals surface area contributed by atoms with Gasteiger partial charge in [0.2, 0.25) is 0 Å². The molecule has 0 N–H and O–H groups in total. The SMILES string of the molecule is c1ccc2oc(-n3c4ccccc4c4c5sc6ccccc6c5c5ccccc5c43)nc2c1. The first kappa shape index (κ1) is 17.4. The van der Waals surface area contributed by atoms with Gasteiger partial charge in [-0.1, -0.05) is 72.8 Å². The Kier molecular flexibility index (Phi) is 3.28. The van der Waals surface area contributed by atoms with Crippen molar-refractivity contribution in [1.82, 2.24) is 9.55 Å². The Hall–Kier alpha value is -4.15. The molecule has 0 aliphatic heterocycles. The maximum Gasteiger partial charge on any atom is 0.307 e. The first-order valence-corrected chi connectivity index (χ1v) is 11.8. The monoisotopic (exact) mass is 440 g/mol. The number of thiophene rings is 1. The van der Waals surface area contributed by atoms with E-state index in [2.05, 4.69) is 77.4 Å². The summed E-state index contributed by atoms with van der Waals surface area (Å²) < 4.78 is 11.1. The highest BCUT2D eigenvalue weighted by atomic mass is 32.1. The fourth-order valence-corrected chi connectivity index (χ4v) is 6.55. The molecule has 3 aromatic heterocycles. The average Bonchev–Trinajstić information content (AvgIpc) is 3.55. The van der Waals surface area contributed by atoms with Gasteiger partial charge in [0.1, 0.15) is 5.52 Å². The van der Waals surface area contributed by atoms with Crippen molar-refractivity contribution in [2.45, 2.75) is 0 Å². The van der Waals surface area contributed by atoms with Crippen LogP contribution in [0.4, 0.5) is 0 Å². The van der Waals surface area contributed by atoms with Crippen molar-refractivity contribution in [2.75, 3.05) is 0 Å². The molecular formula is C29H16N2OS. The third kappa shape index (κ3) is 2.21. The molecule has 0 unspecified atom stereocenters. The van der Waals surface area contributed by atoms with E-state index in [0.717, 1.165) is 22.1 Å². The van der Waals surface area contributed by atoms with Gasteiger partial charge in [0, 0.05) is 36.3 Å². The standard InChI is InChI=1S/C29H16N2OS/c1-2-10-18-17(9-1)25-20-12-4-8-16-24(20)33-28(25)26-19-11-3-6-14-22(19)31(27(18)26)29-30-21-13-5-7-15-23(21)32-29/h1-16H. The van der Waals surface area contributed by atoms with Gasteiger partial charge in [-0.15, -0.1) is 11.3 Å². The summed E-state index contributed by atoms with van der Waals surface area (Å²) in [6, 6.07) is 34.6. The highest BCUT2D eigenvalue weighted by Crippen LogP contribution is 2.47. The molecule has 33 heavy (non-hydrogen) atoms. The lowest BCUT2D eigenvalue weighted by atomic mass is 10.00. The molecule has 0 saturated carbocycles. The molecule has 8 rings (SSSR count). The van der Waals surface area contributed by atoms with Gasteiger partial charge >= 0.3 is 6.01 Å². The van der Waals surface area contributed by atoms with Crippen LogP contribution in [0.2, 0.25) is 0 Å². The van der Waals surface area contributed by atoms with E-state index in [9.17, 15) is 0 Å². The summed E-state index contributed by atoms with van der Waals surface area (Å²) in [6.07, 6.45) is 0. The maximum atomic E-state index is 6.30. The minimum absolute atomic E-state index is 0.605. The highest BCUT2D eigenvalue weighted by molar-refractivity contribution is 7.27. The van der Waals surface area contributed by atoms with Crippen LogP contribution < -0.4 is 0 Å². The van der Waals surface area contributed by atoms with Gasteiger partial charge in [-0.2, -0.15) is 4.98 Å². The third-order valence-corrected chi connectivity index (χ3v) is 7.81. The topological polar surface area (TPSA) is 31.0 Å². The van der Waals surface area contributed by atoms with E-state index >= 15 is 0 Å². The summed E-state index contributed by atoms with van der Waals surface area (Å²) in [4.78, 5) is 4.88. The van der Waals surface area contributed by atoms with Crippen LogP contribution in [-0.4, -0.2) is 9.55 Å². The van der Waals surface area contributed by atoms with Crippen LogP contribution in [0.25, 0.3) is 69.9 Å². The van der Waals surface area contributed by atoms with Crippen LogP contribution in [0.3, 0.4) is 0 Å². The molecule has 0 amide bonds. The third-order valence-electron chi connectivity index (χ3n) is 6.62.